The molecule has 1 N–H and O–H groups in total. The van der Waals surface area contributed by atoms with E-state index in [0.29, 0.717) is 12.1 Å². The van der Waals surface area contributed by atoms with Crippen LogP contribution in [0.3, 0.4) is 0 Å². The van der Waals surface area contributed by atoms with Crippen molar-refractivity contribution in [3.63, 3.8) is 0 Å². The lowest BCUT2D eigenvalue weighted by Gasteiger charge is -2.35. The van der Waals surface area contributed by atoms with Crippen LogP contribution < -0.4 is 5.32 Å². The zero-order valence-electron chi connectivity index (χ0n) is 6.93. The highest BCUT2D eigenvalue weighted by molar-refractivity contribution is 4.80. The molecule has 2 atom stereocenters. The summed E-state index contributed by atoms with van der Waals surface area (Å²) in [4.78, 5) is 2.38. The molecule has 1 saturated heterocycles. The van der Waals surface area contributed by atoms with Crippen molar-refractivity contribution in [2.45, 2.75) is 25.9 Å². The van der Waals surface area contributed by atoms with Gasteiger partial charge >= 0.3 is 0 Å². The monoisotopic (exact) mass is 141 g/mol. The Hall–Kier alpha value is -0.0800. The number of hydrogen-bond acceptors (Lipinski definition) is 2. The molecule has 0 aliphatic carbocycles. The van der Waals surface area contributed by atoms with Gasteiger partial charge in [-0.15, -0.1) is 0 Å². The predicted octanol–water partition coefficient (Wildman–Crippen LogP) is 0.503. The summed E-state index contributed by atoms with van der Waals surface area (Å²) in [6.45, 7) is 11.6. The van der Waals surface area contributed by atoms with Crippen LogP contribution in [0.5, 0.6) is 0 Å². The fourth-order valence-corrected chi connectivity index (χ4v) is 1.62. The first-order chi connectivity index (χ1) is 4.72. The second kappa shape index (κ2) is 3.35. The van der Waals surface area contributed by atoms with Crippen LogP contribution in [0, 0.1) is 6.92 Å². The lowest BCUT2D eigenvalue weighted by Crippen LogP contribution is -2.53. The van der Waals surface area contributed by atoms with Crippen molar-refractivity contribution in [1.29, 1.82) is 0 Å². The summed E-state index contributed by atoms with van der Waals surface area (Å²) in [7, 11) is 0. The molecule has 0 aromatic heterocycles. The predicted molar refractivity (Wildman–Crippen MR) is 43.9 cm³/mol. The highest BCUT2D eigenvalue weighted by Gasteiger charge is 2.18. The average molecular weight is 141 g/mol. The summed E-state index contributed by atoms with van der Waals surface area (Å²) in [6, 6.07) is 1.26. The Kier molecular flexibility index (Phi) is 2.69. The van der Waals surface area contributed by atoms with Crippen molar-refractivity contribution in [3.05, 3.63) is 6.92 Å². The third kappa shape index (κ3) is 1.96. The Balaban J connectivity index is 2.35. The fourth-order valence-electron chi connectivity index (χ4n) is 1.62. The van der Waals surface area contributed by atoms with E-state index in [1.807, 2.05) is 0 Å². The van der Waals surface area contributed by atoms with Gasteiger partial charge in [0.05, 0.1) is 0 Å². The van der Waals surface area contributed by atoms with Crippen LogP contribution in [-0.2, 0) is 0 Å². The average Bonchev–Trinajstić information content (AvgIpc) is 1.85. The SMILES string of the molecule is [CH2]CN1CC(C)NC(C)C1. The molecule has 0 spiro atoms. The maximum atomic E-state index is 3.88. The van der Waals surface area contributed by atoms with Gasteiger partial charge in [0.1, 0.15) is 0 Å². The van der Waals surface area contributed by atoms with Gasteiger partial charge < -0.3 is 10.2 Å². The third-order valence-corrected chi connectivity index (χ3v) is 1.95. The van der Waals surface area contributed by atoms with Crippen LogP contribution in [0.25, 0.3) is 0 Å². The smallest absolute Gasteiger partial charge is 0.0169 e. The van der Waals surface area contributed by atoms with Gasteiger partial charge in [0.2, 0.25) is 0 Å². The van der Waals surface area contributed by atoms with E-state index in [9.17, 15) is 0 Å². The van der Waals surface area contributed by atoms with E-state index in [0.717, 1.165) is 19.6 Å². The number of nitrogens with zero attached hydrogens (tertiary/aromatic N) is 1. The van der Waals surface area contributed by atoms with Crippen LogP contribution in [0.15, 0.2) is 0 Å². The fraction of sp³-hybridized carbons (Fsp3) is 0.875. The third-order valence-electron chi connectivity index (χ3n) is 1.95. The summed E-state index contributed by atoms with van der Waals surface area (Å²) in [5, 5.41) is 3.47. The minimum absolute atomic E-state index is 0.630. The highest BCUT2D eigenvalue weighted by Crippen LogP contribution is 2.01. The highest BCUT2D eigenvalue weighted by atomic mass is 15.2. The number of piperazine rings is 1. The van der Waals surface area contributed by atoms with Gasteiger partial charge in [-0.1, -0.05) is 0 Å². The summed E-state index contributed by atoms with van der Waals surface area (Å²) < 4.78 is 0. The van der Waals surface area contributed by atoms with Gasteiger partial charge in [-0.05, 0) is 27.3 Å². The lowest BCUT2D eigenvalue weighted by atomic mass is 10.1. The van der Waals surface area contributed by atoms with Crippen molar-refractivity contribution in [2.75, 3.05) is 19.6 Å². The molecule has 0 aromatic rings. The Morgan fingerprint density at radius 2 is 1.90 bits per heavy atom. The molecule has 1 aliphatic rings. The normalized spacial score (nSPS) is 36.3. The topological polar surface area (TPSA) is 15.3 Å². The molecule has 10 heavy (non-hydrogen) atoms. The van der Waals surface area contributed by atoms with E-state index in [4.69, 9.17) is 0 Å². The minimum Gasteiger partial charge on any atom is -0.309 e. The molecule has 2 heteroatoms. The van der Waals surface area contributed by atoms with Gasteiger partial charge in [0.25, 0.3) is 0 Å². The molecule has 1 heterocycles. The van der Waals surface area contributed by atoms with Gasteiger partial charge in [0, 0.05) is 25.2 Å². The molecule has 1 rings (SSSR count). The second-order valence-electron chi connectivity index (χ2n) is 3.23. The van der Waals surface area contributed by atoms with Crippen LogP contribution >= 0.6 is 0 Å². The first-order valence-corrected chi connectivity index (χ1v) is 4.00. The molecule has 2 nitrogen and oxygen atoms in total. The molecule has 0 amide bonds. The number of rotatable bonds is 1. The van der Waals surface area contributed by atoms with Crippen molar-refractivity contribution in [1.82, 2.24) is 10.2 Å². The summed E-state index contributed by atoms with van der Waals surface area (Å²) in [6.07, 6.45) is 0. The zero-order chi connectivity index (χ0) is 7.56. The van der Waals surface area contributed by atoms with Crippen molar-refractivity contribution >= 4 is 0 Å². The van der Waals surface area contributed by atoms with Crippen LogP contribution in [-0.4, -0.2) is 36.6 Å². The molecular formula is C8H17N2. The molecule has 0 bridgehead atoms. The standard InChI is InChI=1S/C8H17N2/c1-4-10-5-7(2)9-8(3)6-10/h7-9H,1,4-6H2,2-3H3. The Labute approximate surface area is 63.6 Å². The van der Waals surface area contributed by atoms with Gasteiger partial charge in [-0.3, -0.25) is 0 Å². The van der Waals surface area contributed by atoms with Crippen LogP contribution in [0.4, 0.5) is 0 Å². The number of nitrogens with one attached hydrogen (secondary N) is 1. The number of hydrogen-bond donors (Lipinski definition) is 1. The Morgan fingerprint density at radius 1 is 1.40 bits per heavy atom. The quantitative estimate of drug-likeness (QED) is 0.572. The molecule has 1 radical (unpaired) electrons. The molecular weight excluding hydrogens is 124 g/mol. The molecule has 2 unspecified atom stereocenters. The van der Waals surface area contributed by atoms with Crippen molar-refractivity contribution in [2.24, 2.45) is 0 Å². The first kappa shape index (κ1) is 8.02. The van der Waals surface area contributed by atoms with Crippen LogP contribution in [0.2, 0.25) is 0 Å². The van der Waals surface area contributed by atoms with E-state index in [-0.39, 0.29) is 0 Å². The molecule has 0 aromatic carbocycles. The second-order valence-corrected chi connectivity index (χ2v) is 3.23. The summed E-state index contributed by atoms with van der Waals surface area (Å²) >= 11 is 0. The molecule has 1 fully saturated rings. The first-order valence-electron chi connectivity index (χ1n) is 4.00. The maximum Gasteiger partial charge on any atom is 0.0169 e. The van der Waals surface area contributed by atoms with Crippen molar-refractivity contribution < 1.29 is 0 Å². The molecule has 1 aliphatic heterocycles. The summed E-state index contributed by atoms with van der Waals surface area (Å²) in [5.41, 5.74) is 0. The minimum atomic E-state index is 0.630. The largest absolute Gasteiger partial charge is 0.309 e. The Bertz CT molecular complexity index is 93.4. The summed E-state index contributed by atoms with van der Waals surface area (Å²) in [5.74, 6) is 0. The van der Waals surface area contributed by atoms with Gasteiger partial charge in [0.15, 0.2) is 0 Å². The molecule has 59 valence electrons. The van der Waals surface area contributed by atoms with Gasteiger partial charge in [-0.2, -0.15) is 0 Å². The van der Waals surface area contributed by atoms with Gasteiger partial charge in [-0.25, -0.2) is 0 Å². The van der Waals surface area contributed by atoms with E-state index < -0.39 is 0 Å². The Morgan fingerprint density at radius 3 is 2.30 bits per heavy atom. The van der Waals surface area contributed by atoms with E-state index in [1.54, 1.807) is 0 Å². The zero-order valence-corrected chi connectivity index (χ0v) is 6.93. The van der Waals surface area contributed by atoms with E-state index >= 15 is 0 Å². The van der Waals surface area contributed by atoms with Crippen molar-refractivity contribution in [3.8, 4) is 0 Å². The lowest BCUT2D eigenvalue weighted by molar-refractivity contribution is 0.189. The van der Waals surface area contributed by atoms with E-state index in [2.05, 4.69) is 31.0 Å². The molecule has 0 saturated carbocycles. The van der Waals surface area contributed by atoms with E-state index in [1.165, 1.54) is 0 Å². The van der Waals surface area contributed by atoms with Crippen LogP contribution in [0.1, 0.15) is 13.8 Å². The maximum absolute atomic E-state index is 3.88.